The van der Waals surface area contributed by atoms with Crippen LogP contribution in [0.5, 0.6) is 0 Å². The van der Waals surface area contributed by atoms with E-state index in [0.717, 1.165) is 37.5 Å². The maximum absolute atomic E-state index is 10.3. The van der Waals surface area contributed by atoms with Crippen molar-refractivity contribution in [3.05, 3.63) is 35.4 Å². The van der Waals surface area contributed by atoms with Crippen LogP contribution >= 0.6 is 0 Å². The average molecular weight is 288 g/mol. The van der Waals surface area contributed by atoms with E-state index < -0.39 is 0 Å². The Hall–Kier alpha value is -0.900. The molecular formula is C18H28N2O. The van der Waals surface area contributed by atoms with E-state index in [4.69, 9.17) is 0 Å². The second-order valence-corrected chi connectivity index (χ2v) is 6.80. The lowest BCUT2D eigenvalue weighted by molar-refractivity contribution is 0.100. The number of aliphatic hydroxyl groups is 1. The lowest BCUT2D eigenvalue weighted by Gasteiger charge is -2.35. The van der Waals surface area contributed by atoms with Crippen molar-refractivity contribution in [1.82, 2.24) is 9.80 Å². The summed E-state index contributed by atoms with van der Waals surface area (Å²) in [6.45, 7) is 9.14. The van der Waals surface area contributed by atoms with E-state index in [1.54, 1.807) is 0 Å². The molecule has 1 saturated carbocycles. The normalized spacial score (nSPS) is 22.4. The zero-order valence-corrected chi connectivity index (χ0v) is 13.2. The lowest BCUT2D eigenvalue weighted by Crippen LogP contribution is -2.47. The quantitative estimate of drug-likeness (QED) is 0.871. The van der Waals surface area contributed by atoms with E-state index in [9.17, 15) is 5.11 Å². The maximum Gasteiger partial charge on any atom is 0.0802 e. The van der Waals surface area contributed by atoms with E-state index in [2.05, 4.69) is 28.9 Å². The van der Waals surface area contributed by atoms with Gasteiger partial charge in [-0.05, 0) is 37.7 Å². The Kier molecular flexibility index (Phi) is 4.94. The topological polar surface area (TPSA) is 26.7 Å². The zero-order valence-electron chi connectivity index (χ0n) is 13.2. The fourth-order valence-electron chi connectivity index (χ4n) is 3.12. The predicted octanol–water partition coefficient (Wildman–Crippen LogP) is 2.45. The Morgan fingerprint density at radius 1 is 1.05 bits per heavy atom. The fraction of sp³-hybridized carbons (Fsp3) is 0.667. The summed E-state index contributed by atoms with van der Waals surface area (Å²) in [5.41, 5.74) is 2.30. The van der Waals surface area contributed by atoms with Crippen LogP contribution in [0.1, 0.15) is 36.5 Å². The summed E-state index contributed by atoms with van der Waals surface area (Å²) in [5.74, 6) is 1.000. The number of aliphatic hydroxyl groups excluding tert-OH is 1. The molecule has 21 heavy (non-hydrogen) atoms. The molecule has 0 spiro atoms. The Bertz CT molecular complexity index is 433. The van der Waals surface area contributed by atoms with Crippen molar-refractivity contribution < 1.29 is 5.11 Å². The van der Waals surface area contributed by atoms with Gasteiger partial charge in [0.15, 0.2) is 0 Å². The van der Waals surface area contributed by atoms with Crippen LogP contribution in [0, 0.1) is 12.8 Å². The molecule has 1 saturated heterocycles. The van der Waals surface area contributed by atoms with Gasteiger partial charge in [-0.2, -0.15) is 0 Å². The molecule has 0 amide bonds. The second kappa shape index (κ2) is 6.91. The highest BCUT2D eigenvalue weighted by molar-refractivity contribution is 5.23. The molecule has 116 valence electrons. The highest BCUT2D eigenvalue weighted by Crippen LogP contribution is 2.30. The molecule has 3 heteroatoms. The van der Waals surface area contributed by atoms with Crippen molar-refractivity contribution in [2.24, 2.45) is 5.92 Å². The summed E-state index contributed by atoms with van der Waals surface area (Å²) < 4.78 is 0. The van der Waals surface area contributed by atoms with Crippen LogP contribution < -0.4 is 0 Å². The summed E-state index contributed by atoms with van der Waals surface area (Å²) in [5, 5.41) is 10.3. The molecule has 1 aliphatic carbocycles. The van der Waals surface area contributed by atoms with E-state index >= 15 is 0 Å². The van der Waals surface area contributed by atoms with Crippen molar-refractivity contribution in [1.29, 1.82) is 0 Å². The number of hydrogen-bond donors (Lipinski definition) is 1. The number of rotatable bonds is 6. The Balaban J connectivity index is 1.38. The smallest absolute Gasteiger partial charge is 0.0802 e. The molecule has 0 bridgehead atoms. The number of aryl methyl sites for hydroxylation is 1. The van der Waals surface area contributed by atoms with Gasteiger partial charge in [0.25, 0.3) is 0 Å². The van der Waals surface area contributed by atoms with E-state index in [1.807, 2.05) is 12.1 Å². The first kappa shape index (κ1) is 15.0. The van der Waals surface area contributed by atoms with Gasteiger partial charge in [-0.25, -0.2) is 0 Å². The summed E-state index contributed by atoms with van der Waals surface area (Å²) in [4.78, 5) is 5.12. The Labute approximate surface area is 128 Å². The molecule has 1 aliphatic heterocycles. The third-order valence-corrected chi connectivity index (χ3v) is 4.86. The molecule has 1 atom stereocenters. The van der Waals surface area contributed by atoms with Gasteiger partial charge in [0.05, 0.1) is 6.10 Å². The number of nitrogens with zero attached hydrogens (tertiary/aromatic N) is 2. The van der Waals surface area contributed by atoms with Crippen molar-refractivity contribution in [3.63, 3.8) is 0 Å². The predicted molar refractivity (Wildman–Crippen MR) is 86.4 cm³/mol. The Morgan fingerprint density at radius 3 is 2.29 bits per heavy atom. The molecule has 1 unspecified atom stereocenters. The lowest BCUT2D eigenvalue weighted by atomic mass is 10.0. The van der Waals surface area contributed by atoms with Gasteiger partial charge in [-0.15, -0.1) is 0 Å². The second-order valence-electron chi connectivity index (χ2n) is 6.80. The van der Waals surface area contributed by atoms with Crippen LogP contribution in [0.25, 0.3) is 0 Å². The first-order chi connectivity index (χ1) is 10.2. The van der Waals surface area contributed by atoms with Gasteiger partial charge >= 0.3 is 0 Å². The van der Waals surface area contributed by atoms with Crippen LogP contribution in [-0.2, 0) is 0 Å². The molecule has 1 aromatic rings. The van der Waals surface area contributed by atoms with Crippen molar-refractivity contribution >= 4 is 0 Å². The monoisotopic (exact) mass is 288 g/mol. The molecule has 2 aliphatic rings. The van der Waals surface area contributed by atoms with Gasteiger partial charge in [0, 0.05) is 39.3 Å². The first-order valence-electron chi connectivity index (χ1n) is 8.40. The number of piperazine rings is 1. The van der Waals surface area contributed by atoms with E-state index in [-0.39, 0.29) is 6.10 Å². The first-order valence-corrected chi connectivity index (χ1v) is 8.40. The van der Waals surface area contributed by atoms with Gasteiger partial charge < -0.3 is 14.9 Å². The Morgan fingerprint density at radius 2 is 1.67 bits per heavy atom. The molecule has 3 rings (SSSR count). The number of benzene rings is 1. The molecule has 2 fully saturated rings. The molecule has 1 aromatic carbocycles. The SMILES string of the molecule is Cc1ccc(C(O)CCN2CCN(CC3CC3)CC2)cc1. The van der Waals surface area contributed by atoms with Crippen LogP contribution in [0.15, 0.2) is 24.3 Å². The van der Waals surface area contributed by atoms with Gasteiger partial charge in [-0.3, -0.25) is 0 Å². The average Bonchev–Trinajstić information content (AvgIpc) is 3.31. The fourth-order valence-corrected chi connectivity index (χ4v) is 3.12. The summed E-state index contributed by atoms with van der Waals surface area (Å²) >= 11 is 0. The largest absolute Gasteiger partial charge is 0.388 e. The minimum atomic E-state index is -0.324. The van der Waals surface area contributed by atoms with Crippen LogP contribution in [0.2, 0.25) is 0 Å². The van der Waals surface area contributed by atoms with Crippen LogP contribution in [-0.4, -0.2) is 54.2 Å². The number of hydrogen-bond acceptors (Lipinski definition) is 3. The molecule has 1 N–H and O–H groups in total. The van der Waals surface area contributed by atoms with Crippen LogP contribution in [0.4, 0.5) is 0 Å². The van der Waals surface area contributed by atoms with E-state index in [1.165, 1.54) is 38.0 Å². The van der Waals surface area contributed by atoms with Crippen molar-refractivity contribution in [2.45, 2.75) is 32.3 Å². The summed E-state index contributed by atoms with van der Waals surface area (Å²) in [7, 11) is 0. The molecular weight excluding hydrogens is 260 g/mol. The third-order valence-electron chi connectivity index (χ3n) is 4.86. The van der Waals surface area contributed by atoms with E-state index in [0.29, 0.717) is 0 Å². The summed E-state index contributed by atoms with van der Waals surface area (Å²) in [6, 6.07) is 8.26. The molecule has 3 nitrogen and oxygen atoms in total. The highest BCUT2D eigenvalue weighted by Gasteiger charge is 2.26. The zero-order chi connectivity index (χ0) is 14.7. The van der Waals surface area contributed by atoms with Gasteiger partial charge in [-0.1, -0.05) is 29.8 Å². The van der Waals surface area contributed by atoms with Crippen molar-refractivity contribution in [2.75, 3.05) is 39.3 Å². The van der Waals surface area contributed by atoms with Crippen LogP contribution in [0.3, 0.4) is 0 Å². The summed E-state index contributed by atoms with van der Waals surface area (Å²) in [6.07, 6.45) is 3.41. The molecule has 0 aromatic heterocycles. The highest BCUT2D eigenvalue weighted by atomic mass is 16.3. The molecule has 1 heterocycles. The van der Waals surface area contributed by atoms with Crippen molar-refractivity contribution in [3.8, 4) is 0 Å². The van der Waals surface area contributed by atoms with Gasteiger partial charge in [0.1, 0.15) is 0 Å². The minimum absolute atomic E-state index is 0.324. The molecule has 0 radical (unpaired) electrons. The minimum Gasteiger partial charge on any atom is -0.388 e. The maximum atomic E-state index is 10.3. The standard InChI is InChI=1S/C18H28N2O/c1-15-2-6-17(7-3-15)18(21)8-9-19-10-12-20(13-11-19)14-16-4-5-16/h2-3,6-7,16,18,21H,4-5,8-14H2,1H3. The third kappa shape index (κ3) is 4.53. The van der Waals surface area contributed by atoms with Gasteiger partial charge in [0.2, 0.25) is 0 Å².